The van der Waals surface area contributed by atoms with E-state index in [1.807, 2.05) is 12.4 Å². The van der Waals surface area contributed by atoms with Crippen LogP contribution in [0.4, 0.5) is 0 Å². The van der Waals surface area contributed by atoms with Crippen molar-refractivity contribution < 1.29 is 0 Å². The third kappa shape index (κ3) is 3.07. The number of hydrogen-bond donors (Lipinski definition) is 1. The first-order chi connectivity index (χ1) is 7.25. The molecule has 1 atom stereocenters. The molecule has 0 saturated heterocycles. The number of rotatable bonds is 3. The Labute approximate surface area is 100 Å². The minimum absolute atomic E-state index is 0.594. The van der Waals surface area contributed by atoms with Crippen molar-refractivity contribution in [1.82, 2.24) is 9.97 Å². The van der Waals surface area contributed by atoms with Crippen molar-refractivity contribution >= 4 is 15.9 Å². The van der Waals surface area contributed by atoms with Crippen LogP contribution in [-0.2, 0) is 6.42 Å². The van der Waals surface area contributed by atoms with Crippen molar-refractivity contribution in [2.75, 3.05) is 0 Å². The summed E-state index contributed by atoms with van der Waals surface area (Å²) < 4.78 is 0. The third-order valence-corrected chi connectivity index (χ3v) is 4.59. The Kier molecular flexibility index (Phi) is 3.84. The van der Waals surface area contributed by atoms with E-state index < -0.39 is 0 Å². The number of nitrogens with one attached hydrogen (secondary N) is 1. The Morgan fingerprint density at radius 3 is 2.80 bits per heavy atom. The molecular weight excluding hydrogens is 252 g/mol. The molecule has 2 nitrogen and oxygen atoms in total. The van der Waals surface area contributed by atoms with E-state index in [1.165, 1.54) is 25.7 Å². The summed E-state index contributed by atoms with van der Waals surface area (Å²) >= 11 is 3.82. The molecule has 0 amide bonds. The Morgan fingerprint density at radius 2 is 2.20 bits per heavy atom. The summed E-state index contributed by atoms with van der Waals surface area (Å²) in [6, 6.07) is 0. The lowest BCUT2D eigenvalue weighted by Crippen LogP contribution is -2.22. The molecular formula is C12H19BrN2. The number of aromatic amines is 1. The smallest absolute Gasteiger partial charge is 0.107 e. The van der Waals surface area contributed by atoms with Gasteiger partial charge in [0.15, 0.2) is 0 Å². The van der Waals surface area contributed by atoms with E-state index in [1.54, 1.807) is 0 Å². The summed E-state index contributed by atoms with van der Waals surface area (Å²) in [7, 11) is 0. The van der Waals surface area contributed by atoms with Gasteiger partial charge >= 0.3 is 0 Å². The molecule has 0 spiro atoms. The zero-order valence-electron chi connectivity index (χ0n) is 9.25. The number of aromatic nitrogens is 2. The van der Waals surface area contributed by atoms with E-state index in [4.69, 9.17) is 0 Å². The molecule has 0 aromatic carbocycles. The van der Waals surface area contributed by atoms with E-state index in [9.17, 15) is 0 Å². The molecule has 1 aromatic rings. The molecule has 1 N–H and O–H groups in total. The highest BCUT2D eigenvalue weighted by Crippen LogP contribution is 2.34. The van der Waals surface area contributed by atoms with Crippen LogP contribution < -0.4 is 0 Å². The highest BCUT2D eigenvalue weighted by Gasteiger charge is 2.24. The van der Waals surface area contributed by atoms with E-state index >= 15 is 0 Å². The SMILES string of the molecule is CC1CCC(C(Br)Cc2ncc[nH]2)CC1. The van der Waals surface area contributed by atoms with Gasteiger partial charge in [0.1, 0.15) is 5.82 Å². The molecule has 1 heterocycles. The predicted molar refractivity (Wildman–Crippen MR) is 66.1 cm³/mol. The summed E-state index contributed by atoms with van der Waals surface area (Å²) in [5, 5.41) is 0. The molecule has 0 aliphatic heterocycles. The minimum Gasteiger partial charge on any atom is -0.349 e. The molecule has 1 fully saturated rings. The monoisotopic (exact) mass is 270 g/mol. The van der Waals surface area contributed by atoms with Crippen LogP contribution in [0.15, 0.2) is 12.4 Å². The van der Waals surface area contributed by atoms with Crippen LogP contribution in [0.5, 0.6) is 0 Å². The van der Waals surface area contributed by atoms with Gasteiger partial charge in [-0.2, -0.15) is 0 Å². The first-order valence-electron chi connectivity index (χ1n) is 5.88. The molecule has 1 saturated carbocycles. The van der Waals surface area contributed by atoms with Crippen molar-refractivity contribution in [2.24, 2.45) is 11.8 Å². The molecule has 1 aliphatic carbocycles. The molecule has 15 heavy (non-hydrogen) atoms. The van der Waals surface area contributed by atoms with Crippen molar-refractivity contribution in [3.63, 3.8) is 0 Å². The quantitative estimate of drug-likeness (QED) is 0.837. The van der Waals surface area contributed by atoms with Gasteiger partial charge in [-0.1, -0.05) is 35.7 Å². The number of imidazole rings is 1. The van der Waals surface area contributed by atoms with Crippen molar-refractivity contribution in [3.8, 4) is 0 Å². The van der Waals surface area contributed by atoms with Crippen LogP contribution in [-0.4, -0.2) is 14.8 Å². The van der Waals surface area contributed by atoms with Crippen LogP contribution >= 0.6 is 15.9 Å². The molecule has 1 unspecified atom stereocenters. The summed E-state index contributed by atoms with van der Waals surface area (Å²) in [5.41, 5.74) is 0. The maximum atomic E-state index is 4.28. The maximum absolute atomic E-state index is 4.28. The minimum atomic E-state index is 0.594. The topological polar surface area (TPSA) is 28.7 Å². The molecule has 0 bridgehead atoms. The fourth-order valence-electron chi connectivity index (χ4n) is 2.41. The maximum Gasteiger partial charge on any atom is 0.107 e. The van der Waals surface area contributed by atoms with Crippen molar-refractivity contribution in [1.29, 1.82) is 0 Å². The van der Waals surface area contributed by atoms with Crippen LogP contribution in [0.1, 0.15) is 38.4 Å². The van der Waals surface area contributed by atoms with Gasteiger partial charge in [-0.05, 0) is 24.7 Å². The van der Waals surface area contributed by atoms with E-state index in [0.717, 1.165) is 24.1 Å². The van der Waals surface area contributed by atoms with Crippen molar-refractivity contribution in [3.05, 3.63) is 18.2 Å². The van der Waals surface area contributed by atoms with Crippen LogP contribution in [0.2, 0.25) is 0 Å². The number of halogens is 1. The lowest BCUT2D eigenvalue weighted by molar-refractivity contribution is 0.285. The van der Waals surface area contributed by atoms with Crippen LogP contribution in [0.25, 0.3) is 0 Å². The number of hydrogen-bond acceptors (Lipinski definition) is 1. The second-order valence-electron chi connectivity index (χ2n) is 4.78. The van der Waals surface area contributed by atoms with Gasteiger partial charge in [0, 0.05) is 23.6 Å². The Morgan fingerprint density at radius 1 is 1.47 bits per heavy atom. The highest BCUT2D eigenvalue weighted by molar-refractivity contribution is 9.09. The van der Waals surface area contributed by atoms with Gasteiger partial charge in [-0.3, -0.25) is 0 Å². The molecule has 2 rings (SSSR count). The second-order valence-corrected chi connectivity index (χ2v) is 5.95. The van der Waals surface area contributed by atoms with Gasteiger partial charge in [0.25, 0.3) is 0 Å². The lowest BCUT2D eigenvalue weighted by atomic mass is 9.81. The second kappa shape index (κ2) is 5.15. The lowest BCUT2D eigenvalue weighted by Gasteiger charge is -2.29. The molecule has 1 aromatic heterocycles. The number of alkyl halides is 1. The first kappa shape index (κ1) is 11.2. The van der Waals surface area contributed by atoms with Crippen molar-refractivity contribution in [2.45, 2.75) is 43.9 Å². The van der Waals surface area contributed by atoms with E-state index in [2.05, 4.69) is 32.8 Å². The van der Waals surface area contributed by atoms with Crippen LogP contribution in [0, 0.1) is 11.8 Å². The van der Waals surface area contributed by atoms with Crippen LogP contribution in [0.3, 0.4) is 0 Å². The average molecular weight is 271 g/mol. The zero-order valence-corrected chi connectivity index (χ0v) is 10.8. The summed E-state index contributed by atoms with van der Waals surface area (Å²) in [5.74, 6) is 2.88. The third-order valence-electron chi connectivity index (χ3n) is 3.52. The fraction of sp³-hybridized carbons (Fsp3) is 0.750. The summed E-state index contributed by atoms with van der Waals surface area (Å²) in [6.45, 7) is 2.37. The van der Waals surface area contributed by atoms with Gasteiger partial charge in [0.2, 0.25) is 0 Å². The molecule has 0 radical (unpaired) electrons. The Bertz CT molecular complexity index is 276. The first-order valence-corrected chi connectivity index (χ1v) is 6.79. The fourth-order valence-corrected chi connectivity index (χ4v) is 3.24. The standard InChI is InChI=1S/C12H19BrN2/c1-9-2-4-10(5-3-9)11(13)8-12-14-6-7-15-12/h6-7,9-11H,2-5,8H2,1H3,(H,14,15). The van der Waals surface area contributed by atoms with Gasteiger partial charge in [-0.25, -0.2) is 4.98 Å². The number of H-pyrrole nitrogens is 1. The highest BCUT2D eigenvalue weighted by atomic mass is 79.9. The summed E-state index contributed by atoms with van der Waals surface area (Å²) in [4.78, 5) is 8.05. The largest absolute Gasteiger partial charge is 0.349 e. The van der Waals surface area contributed by atoms with Gasteiger partial charge in [-0.15, -0.1) is 0 Å². The average Bonchev–Trinajstić information content (AvgIpc) is 2.71. The Balaban J connectivity index is 1.83. The van der Waals surface area contributed by atoms with E-state index in [-0.39, 0.29) is 0 Å². The molecule has 1 aliphatic rings. The van der Waals surface area contributed by atoms with E-state index in [0.29, 0.717) is 4.83 Å². The number of nitrogens with zero attached hydrogens (tertiary/aromatic N) is 1. The van der Waals surface area contributed by atoms with Gasteiger partial charge in [0.05, 0.1) is 0 Å². The predicted octanol–water partition coefficient (Wildman–Crippen LogP) is 3.54. The summed E-state index contributed by atoms with van der Waals surface area (Å²) in [6.07, 6.45) is 10.3. The molecule has 84 valence electrons. The molecule has 3 heteroatoms. The normalized spacial score (nSPS) is 28.9. The zero-order chi connectivity index (χ0) is 10.7. The Hall–Kier alpha value is -0.310. The van der Waals surface area contributed by atoms with Gasteiger partial charge < -0.3 is 4.98 Å².